The number of rotatable bonds is 29. The number of amides is 8. The third kappa shape index (κ3) is 17.1. The first-order chi connectivity index (χ1) is 40.5. The second-order valence-corrected chi connectivity index (χ2v) is 24.0. The highest BCUT2D eigenvalue weighted by Gasteiger charge is 2.40. The number of nitrogens with zero attached hydrogens (tertiary/aromatic N) is 1. The van der Waals surface area contributed by atoms with Gasteiger partial charge in [-0.15, -0.1) is 0 Å². The van der Waals surface area contributed by atoms with Crippen molar-refractivity contribution in [3.8, 4) is 0 Å². The number of para-hydroxylation sites is 3. The summed E-state index contributed by atoms with van der Waals surface area (Å²) in [6.45, 7) is 14.3. The molecule has 0 unspecified atom stereocenters. The lowest BCUT2D eigenvalue weighted by Crippen LogP contribution is -2.60. The number of nitrogens with one attached hydrogen (secondary N) is 10. The molecule has 0 spiro atoms. The quantitative estimate of drug-likeness (QED) is 0.0313. The maximum atomic E-state index is 15.0. The Morgan fingerprint density at radius 3 is 1.41 bits per heavy atom. The van der Waals surface area contributed by atoms with E-state index in [1.54, 1.807) is 32.4 Å². The van der Waals surface area contributed by atoms with Crippen molar-refractivity contribution < 1.29 is 48.3 Å². The number of nitrogens with two attached hydrogens (primary N) is 1. The summed E-state index contributed by atoms with van der Waals surface area (Å²) in [5.41, 5.74) is 10.6. The van der Waals surface area contributed by atoms with Gasteiger partial charge in [0.05, 0.1) is 12.6 Å². The minimum Gasteiger partial charge on any atom is -0.480 e. The van der Waals surface area contributed by atoms with Crippen molar-refractivity contribution >= 4 is 85.9 Å². The fourth-order valence-corrected chi connectivity index (χ4v) is 11.1. The van der Waals surface area contributed by atoms with Crippen LogP contribution >= 0.6 is 0 Å². The van der Waals surface area contributed by atoms with Gasteiger partial charge in [-0.05, 0) is 90.7 Å². The molecule has 456 valence electrons. The summed E-state index contributed by atoms with van der Waals surface area (Å²) < 4.78 is 0. The van der Waals surface area contributed by atoms with Gasteiger partial charge in [-0.1, -0.05) is 110 Å². The van der Waals surface area contributed by atoms with Crippen LogP contribution in [0.5, 0.6) is 0 Å². The lowest BCUT2D eigenvalue weighted by atomic mass is 9.99. The SMILES string of the molecule is CC(C)C[C@H](NC(=O)[C@@H](N)CC(C)C)C(=O)NCC(=O)N[C@@H](Cc1c[nH]c2ccccc12)C(=O)N1CCC[C@H]1C(=O)N[C@@H](CC(C)C)C(=O)N[C@@H](Cc1c[nH]c2ccccc12)C(=O)N[C@@H](Cc1c[nH]c2ccccc12)C(=O)N[C@H](C(=O)O)C(C)C. The third-order valence-electron chi connectivity index (χ3n) is 15.4. The second kappa shape index (κ2) is 29.3. The fourth-order valence-electron chi connectivity index (χ4n) is 11.1. The van der Waals surface area contributed by atoms with Gasteiger partial charge < -0.3 is 67.9 Å². The Hall–Kier alpha value is -8.53. The number of aromatic amines is 3. The molecule has 8 amide bonds. The maximum absolute atomic E-state index is 15.0. The molecule has 0 aliphatic carbocycles. The second-order valence-electron chi connectivity index (χ2n) is 24.0. The van der Waals surface area contributed by atoms with E-state index in [2.05, 4.69) is 52.2 Å². The van der Waals surface area contributed by atoms with Crippen LogP contribution in [0.25, 0.3) is 32.7 Å². The van der Waals surface area contributed by atoms with E-state index in [-0.39, 0.29) is 62.8 Å². The highest BCUT2D eigenvalue weighted by Crippen LogP contribution is 2.25. The van der Waals surface area contributed by atoms with Gasteiger partial charge >= 0.3 is 5.97 Å². The summed E-state index contributed by atoms with van der Waals surface area (Å²) in [4.78, 5) is 138. The van der Waals surface area contributed by atoms with E-state index in [0.29, 0.717) is 29.5 Å². The van der Waals surface area contributed by atoms with Crippen LogP contribution in [0.15, 0.2) is 91.4 Å². The lowest BCUT2D eigenvalue weighted by Gasteiger charge is -2.31. The van der Waals surface area contributed by atoms with Crippen molar-refractivity contribution in [3.63, 3.8) is 0 Å². The highest BCUT2D eigenvalue weighted by atomic mass is 16.4. The molecule has 85 heavy (non-hydrogen) atoms. The summed E-state index contributed by atoms with van der Waals surface area (Å²) >= 11 is 0. The first-order valence-corrected chi connectivity index (χ1v) is 29.5. The lowest BCUT2D eigenvalue weighted by molar-refractivity contribution is -0.143. The summed E-state index contributed by atoms with van der Waals surface area (Å²) in [5, 5.41) is 31.9. The third-order valence-corrected chi connectivity index (χ3v) is 15.4. The van der Waals surface area contributed by atoms with Crippen LogP contribution in [0, 0.1) is 23.7 Å². The van der Waals surface area contributed by atoms with Crippen LogP contribution in [-0.2, 0) is 62.4 Å². The van der Waals surface area contributed by atoms with Crippen LogP contribution in [0.1, 0.15) is 104 Å². The van der Waals surface area contributed by atoms with Gasteiger partial charge in [0.15, 0.2) is 0 Å². The molecule has 3 aromatic heterocycles. The molecule has 6 aromatic rings. The van der Waals surface area contributed by atoms with Crippen molar-refractivity contribution in [3.05, 3.63) is 108 Å². The zero-order valence-electron chi connectivity index (χ0n) is 49.8. The zero-order chi connectivity index (χ0) is 61.6. The Morgan fingerprint density at radius 2 is 0.953 bits per heavy atom. The normalized spacial score (nSPS) is 16.0. The molecular weight excluding hydrogens is 1080 g/mol. The molecule has 3 aromatic carbocycles. The van der Waals surface area contributed by atoms with E-state index in [1.165, 1.54) is 4.90 Å². The summed E-state index contributed by atoms with van der Waals surface area (Å²) in [7, 11) is 0. The predicted octanol–water partition coefficient (Wildman–Crippen LogP) is 4.38. The summed E-state index contributed by atoms with van der Waals surface area (Å²) in [6, 6.07) is 13.1. The first-order valence-electron chi connectivity index (χ1n) is 29.5. The van der Waals surface area contributed by atoms with Crippen molar-refractivity contribution in [1.82, 2.24) is 57.1 Å². The van der Waals surface area contributed by atoms with Gasteiger partial charge in [0.2, 0.25) is 47.3 Å². The van der Waals surface area contributed by atoms with Gasteiger partial charge in [0.1, 0.15) is 42.3 Å². The molecule has 8 atom stereocenters. The fraction of sp³-hybridized carbons (Fsp3) is 0.476. The van der Waals surface area contributed by atoms with Crippen LogP contribution in [0.3, 0.4) is 0 Å². The molecule has 7 rings (SSSR count). The van der Waals surface area contributed by atoms with Crippen LogP contribution in [0.4, 0.5) is 0 Å². The number of carboxylic acids is 1. The molecule has 0 bridgehead atoms. The number of H-pyrrole nitrogens is 3. The number of aromatic nitrogens is 3. The smallest absolute Gasteiger partial charge is 0.326 e. The van der Waals surface area contributed by atoms with E-state index >= 15 is 0 Å². The number of fused-ring (bicyclic) bond motifs is 3. The van der Waals surface area contributed by atoms with Crippen LogP contribution < -0.4 is 43.0 Å². The molecule has 1 aliphatic heterocycles. The molecule has 0 saturated carbocycles. The molecule has 1 saturated heterocycles. The van der Waals surface area contributed by atoms with Gasteiger partial charge in [0.25, 0.3) is 0 Å². The molecule has 1 aliphatic rings. The molecule has 13 N–H and O–H groups in total. The van der Waals surface area contributed by atoms with Crippen LogP contribution in [-0.4, -0.2) is 140 Å². The van der Waals surface area contributed by atoms with E-state index in [1.807, 2.05) is 114 Å². The minimum absolute atomic E-state index is 0.00147. The summed E-state index contributed by atoms with van der Waals surface area (Å²) in [6.07, 6.45) is 6.56. The predicted molar refractivity (Wildman–Crippen MR) is 324 cm³/mol. The Balaban J connectivity index is 1.11. The highest BCUT2D eigenvalue weighted by molar-refractivity contribution is 5.99. The van der Waals surface area contributed by atoms with Gasteiger partial charge in [-0.3, -0.25) is 38.4 Å². The zero-order valence-corrected chi connectivity index (χ0v) is 49.8. The summed E-state index contributed by atoms with van der Waals surface area (Å²) in [5.74, 6) is -6.95. The Labute approximate surface area is 495 Å². The monoisotopic (exact) mass is 1170 g/mol. The average molecular weight is 1170 g/mol. The molecule has 1 fully saturated rings. The van der Waals surface area contributed by atoms with E-state index in [9.17, 15) is 48.3 Å². The van der Waals surface area contributed by atoms with Crippen molar-refractivity contribution in [2.75, 3.05) is 13.1 Å². The van der Waals surface area contributed by atoms with Crippen molar-refractivity contribution in [2.24, 2.45) is 29.4 Å². The van der Waals surface area contributed by atoms with E-state index in [0.717, 1.165) is 32.7 Å². The number of benzene rings is 3. The number of carbonyl (C=O) groups excluding carboxylic acids is 8. The number of likely N-dealkylation sites (tertiary alicyclic amines) is 1. The van der Waals surface area contributed by atoms with Crippen molar-refractivity contribution in [2.45, 2.75) is 155 Å². The number of carboxylic acid groups (broad SMARTS) is 1. The number of aliphatic carboxylic acids is 1. The molecule has 22 heteroatoms. The molecular formula is C63H84N12O10. The standard InChI is InChI=1S/C63H84N12O10/c1-34(2)24-44(64)56(77)70-48(25-35(3)4)57(78)68-33-54(76)69-52(29-40-32-67-47-21-14-11-18-43(40)47)62(83)75-23-15-22-53(75)61(82)73-49(26-36(5)6)58(79)71-50(27-38-30-65-45-19-12-9-16-41(38)45)59(80)72-51(60(81)74-55(37(7)8)63(84)85)28-39-31-66-46-20-13-10-17-42(39)46/h9-14,16-21,30-32,34-37,44,48-53,55,65-67H,15,22-29,33,64H2,1-8H3,(H,68,78)(H,69,76)(H,70,77)(H,71,79)(H,72,80)(H,73,82)(H,74,81)(H,84,85)/t44-,48-,49-,50-,51-,52-,53-,55-/m0/s1. The van der Waals surface area contributed by atoms with Crippen LogP contribution in [0.2, 0.25) is 0 Å². The molecule has 22 nitrogen and oxygen atoms in total. The number of hydrogen-bond acceptors (Lipinski definition) is 10. The molecule has 0 radical (unpaired) electrons. The van der Waals surface area contributed by atoms with Gasteiger partial charge in [0, 0.05) is 77.1 Å². The minimum atomic E-state index is -1.34. The Bertz CT molecular complexity index is 3340. The Morgan fingerprint density at radius 1 is 0.529 bits per heavy atom. The number of hydrogen-bond donors (Lipinski definition) is 12. The van der Waals surface area contributed by atoms with E-state index in [4.69, 9.17) is 5.73 Å². The topological polar surface area (TPSA) is 335 Å². The number of carbonyl (C=O) groups is 9. The average Bonchev–Trinajstić information content (AvgIpc) is 2.56. The van der Waals surface area contributed by atoms with E-state index < -0.39 is 114 Å². The first kappa shape index (κ1) is 64.0. The maximum Gasteiger partial charge on any atom is 0.326 e. The van der Waals surface area contributed by atoms with Gasteiger partial charge in [-0.2, -0.15) is 0 Å². The Kier molecular flexibility index (Phi) is 22.1. The van der Waals surface area contributed by atoms with Gasteiger partial charge in [-0.25, -0.2) is 4.79 Å². The largest absolute Gasteiger partial charge is 0.480 e. The molecule has 4 heterocycles. The van der Waals surface area contributed by atoms with Crippen molar-refractivity contribution in [1.29, 1.82) is 0 Å².